The van der Waals surface area contributed by atoms with Crippen molar-refractivity contribution in [3.05, 3.63) is 18.1 Å². The van der Waals surface area contributed by atoms with Crippen LogP contribution in [0.25, 0.3) is 0 Å². The van der Waals surface area contributed by atoms with Crippen LogP contribution in [0.15, 0.2) is 12.4 Å². The standard InChI is InChI=1S/C13H21N3O2/c1-4-14-11(10-6-5-9(2)18-10)12-13(17-3)16-8-7-15-12/h7-11,14H,4-6H2,1-3H3. The molecule has 1 aliphatic heterocycles. The molecule has 0 spiro atoms. The molecule has 3 atom stereocenters. The van der Waals surface area contributed by atoms with Crippen LogP contribution in [-0.2, 0) is 4.74 Å². The van der Waals surface area contributed by atoms with Crippen LogP contribution in [0.3, 0.4) is 0 Å². The largest absolute Gasteiger partial charge is 0.480 e. The first-order valence-electron chi connectivity index (χ1n) is 6.50. The fourth-order valence-electron chi connectivity index (χ4n) is 2.41. The lowest BCUT2D eigenvalue weighted by atomic mass is 10.0. The SMILES string of the molecule is CCNC(c1nccnc1OC)C1CCC(C)O1. The summed E-state index contributed by atoms with van der Waals surface area (Å²) in [5, 5.41) is 3.43. The highest BCUT2D eigenvalue weighted by atomic mass is 16.5. The highest BCUT2D eigenvalue weighted by Gasteiger charge is 2.33. The van der Waals surface area contributed by atoms with Gasteiger partial charge in [-0.3, -0.25) is 4.98 Å². The van der Waals surface area contributed by atoms with Crippen LogP contribution in [-0.4, -0.2) is 35.8 Å². The Morgan fingerprint density at radius 2 is 2.22 bits per heavy atom. The molecule has 5 nitrogen and oxygen atoms in total. The van der Waals surface area contributed by atoms with Crippen molar-refractivity contribution >= 4 is 0 Å². The summed E-state index contributed by atoms with van der Waals surface area (Å²) in [5.74, 6) is 0.576. The summed E-state index contributed by atoms with van der Waals surface area (Å²) in [4.78, 5) is 8.62. The fraction of sp³-hybridized carbons (Fsp3) is 0.692. The predicted molar refractivity (Wildman–Crippen MR) is 68.6 cm³/mol. The Bertz CT molecular complexity index is 386. The van der Waals surface area contributed by atoms with Crippen LogP contribution >= 0.6 is 0 Å². The van der Waals surface area contributed by atoms with Gasteiger partial charge in [0.1, 0.15) is 5.69 Å². The molecule has 2 heterocycles. The van der Waals surface area contributed by atoms with Gasteiger partial charge in [0, 0.05) is 12.4 Å². The molecule has 18 heavy (non-hydrogen) atoms. The quantitative estimate of drug-likeness (QED) is 0.863. The zero-order valence-corrected chi connectivity index (χ0v) is 11.2. The first-order valence-corrected chi connectivity index (χ1v) is 6.50. The van der Waals surface area contributed by atoms with Gasteiger partial charge in [0.25, 0.3) is 0 Å². The smallest absolute Gasteiger partial charge is 0.237 e. The van der Waals surface area contributed by atoms with Gasteiger partial charge in [-0.2, -0.15) is 0 Å². The van der Waals surface area contributed by atoms with E-state index in [1.807, 2.05) is 0 Å². The van der Waals surface area contributed by atoms with Crippen molar-refractivity contribution in [3.8, 4) is 5.88 Å². The molecule has 3 unspecified atom stereocenters. The lowest BCUT2D eigenvalue weighted by molar-refractivity contribution is 0.0303. The number of methoxy groups -OCH3 is 1. The summed E-state index contributed by atoms with van der Waals surface area (Å²) >= 11 is 0. The van der Waals surface area contributed by atoms with E-state index in [0.29, 0.717) is 12.0 Å². The molecule has 1 aromatic heterocycles. The van der Waals surface area contributed by atoms with Crippen molar-refractivity contribution in [2.45, 2.75) is 44.9 Å². The van der Waals surface area contributed by atoms with Gasteiger partial charge in [-0.1, -0.05) is 6.92 Å². The summed E-state index contributed by atoms with van der Waals surface area (Å²) in [6, 6.07) is 0.0450. The zero-order chi connectivity index (χ0) is 13.0. The van der Waals surface area contributed by atoms with Gasteiger partial charge in [0.05, 0.1) is 25.4 Å². The molecule has 1 aromatic rings. The highest BCUT2D eigenvalue weighted by Crippen LogP contribution is 2.32. The molecule has 0 radical (unpaired) electrons. The van der Waals surface area contributed by atoms with Crippen molar-refractivity contribution in [3.63, 3.8) is 0 Å². The van der Waals surface area contributed by atoms with E-state index in [9.17, 15) is 0 Å². The van der Waals surface area contributed by atoms with Gasteiger partial charge in [0.2, 0.25) is 5.88 Å². The minimum absolute atomic E-state index is 0.0450. The number of rotatable bonds is 5. The van der Waals surface area contributed by atoms with Crippen molar-refractivity contribution in [2.24, 2.45) is 0 Å². The Balaban J connectivity index is 2.23. The van der Waals surface area contributed by atoms with Crippen molar-refractivity contribution in [1.82, 2.24) is 15.3 Å². The van der Waals surface area contributed by atoms with Gasteiger partial charge in [-0.05, 0) is 26.3 Å². The van der Waals surface area contributed by atoms with E-state index < -0.39 is 0 Å². The number of ether oxygens (including phenoxy) is 2. The van der Waals surface area contributed by atoms with Gasteiger partial charge in [0.15, 0.2) is 0 Å². The van der Waals surface area contributed by atoms with Gasteiger partial charge in [-0.25, -0.2) is 4.98 Å². The molecular formula is C13H21N3O2. The average molecular weight is 251 g/mol. The van der Waals surface area contributed by atoms with Crippen LogP contribution < -0.4 is 10.1 Å². The summed E-state index contributed by atoms with van der Waals surface area (Å²) < 4.78 is 11.2. The van der Waals surface area contributed by atoms with E-state index in [1.165, 1.54) is 0 Å². The fourth-order valence-corrected chi connectivity index (χ4v) is 2.41. The number of likely N-dealkylation sites (N-methyl/N-ethyl adjacent to an activating group) is 1. The topological polar surface area (TPSA) is 56.3 Å². The third-order valence-electron chi connectivity index (χ3n) is 3.24. The molecule has 2 rings (SSSR count). The molecule has 1 aliphatic rings. The normalized spacial score (nSPS) is 25.1. The molecular weight excluding hydrogens is 230 g/mol. The molecule has 1 fully saturated rings. The maximum absolute atomic E-state index is 5.94. The molecule has 0 saturated carbocycles. The third kappa shape index (κ3) is 2.79. The van der Waals surface area contributed by atoms with Gasteiger partial charge >= 0.3 is 0 Å². The van der Waals surface area contributed by atoms with E-state index in [4.69, 9.17) is 9.47 Å². The molecule has 1 N–H and O–H groups in total. The zero-order valence-electron chi connectivity index (χ0n) is 11.2. The van der Waals surface area contributed by atoms with Crippen molar-refractivity contribution in [1.29, 1.82) is 0 Å². The minimum atomic E-state index is 0.0450. The van der Waals surface area contributed by atoms with E-state index in [1.54, 1.807) is 19.5 Å². The Hall–Kier alpha value is -1.20. The van der Waals surface area contributed by atoms with Crippen LogP contribution in [0, 0.1) is 0 Å². The molecule has 5 heteroatoms. The number of aromatic nitrogens is 2. The lowest BCUT2D eigenvalue weighted by Gasteiger charge is -2.24. The minimum Gasteiger partial charge on any atom is -0.480 e. The monoisotopic (exact) mass is 251 g/mol. The number of hydrogen-bond donors (Lipinski definition) is 1. The van der Waals surface area contributed by atoms with E-state index in [2.05, 4.69) is 29.1 Å². The Morgan fingerprint density at radius 3 is 2.83 bits per heavy atom. The molecule has 1 saturated heterocycles. The summed E-state index contributed by atoms with van der Waals surface area (Å²) in [6.45, 7) is 5.05. The predicted octanol–water partition coefficient (Wildman–Crippen LogP) is 1.70. The molecule has 0 aliphatic carbocycles. The van der Waals surface area contributed by atoms with Gasteiger partial charge < -0.3 is 14.8 Å². The Morgan fingerprint density at radius 1 is 1.44 bits per heavy atom. The summed E-state index contributed by atoms with van der Waals surface area (Å²) in [7, 11) is 1.62. The first-order chi connectivity index (χ1) is 8.76. The lowest BCUT2D eigenvalue weighted by Crippen LogP contribution is -2.33. The molecule has 0 aromatic carbocycles. The molecule has 0 amide bonds. The van der Waals surface area contributed by atoms with Crippen molar-refractivity contribution < 1.29 is 9.47 Å². The second kappa shape index (κ2) is 6.11. The van der Waals surface area contributed by atoms with E-state index in [-0.39, 0.29) is 12.1 Å². The van der Waals surface area contributed by atoms with Crippen LogP contribution in [0.2, 0.25) is 0 Å². The van der Waals surface area contributed by atoms with Crippen molar-refractivity contribution in [2.75, 3.05) is 13.7 Å². The number of hydrogen-bond acceptors (Lipinski definition) is 5. The Labute approximate surface area is 108 Å². The van der Waals surface area contributed by atoms with Crippen LogP contribution in [0.4, 0.5) is 0 Å². The highest BCUT2D eigenvalue weighted by molar-refractivity contribution is 5.22. The van der Waals surface area contributed by atoms with E-state index >= 15 is 0 Å². The second-order valence-corrected chi connectivity index (χ2v) is 4.55. The first kappa shape index (κ1) is 13.2. The average Bonchev–Trinajstić information content (AvgIpc) is 2.82. The maximum Gasteiger partial charge on any atom is 0.237 e. The Kier molecular flexibility index (Phi) is 4.49. The number of nitrogens with one attached hydrogen (secondary N) is 1. The number of nitrogens with zero attached hydrogens (tertiary/aromatic N) is 2. The summed E-state index contributed by atoms with van der Waals surface area (Å²) in [5.41, 5.74) is 0.834. The molecule has 0 bridgehead atoms. The van der Waals surface area contributed by atoms with Crippen LogP contribution in [0.1, 0.15) is 38.4 Å². The van der Waals surface area contributed by atoms with E-state index in [0.717, 1.165) is 25.1 Å². The second-order valence-electron chi connectivity index (χ2n) is 4.55. The van der Waals surface area contributed by atoms with Gasteiger partial charge in [-0.15, -0.1) is 0 Å². The maximum atomic E-state index is 5.94. The molecule has 100 valence electrons. The van der Waals surface area contributed by atoms with Crippen LogP contribution in [0.5, 0.6) is 5.88 Å². The third-order valence-corrected chi connectivity index (χ3v) is 3.24. The summed E-state index contributed by atoms with van der Waals surface area (Å²) in [6.07, 6.45) is 5.93.